The van der Waals surface area contributed by atoms with Crippen molar-refractivity contribution >= 4 is 39.9 Å². The Kier molecular flexibility index (Phi) is 24.3. The van der Waals surface area contributed by atoms with Crippen molar-refractivity contribution in [1.82, 2.24) is 0 Å². The number of hydrogen-bond acceptors (Lipinski definition) is 0. The molecule has 0 amide bonds. The Balaban J connectivity index is 0. The van der Waals surface area contributed by atoms with Crippen LogP contribution in [0.3, 0.4) is 0 Å². The van der Waals surface area contributed by atoms with Gasteiger partial charge >= 0.3 is 31.1 Å². The van der Waals surface area contributed by atoms with Crippen molar-refractivity contribution in [3.05, 3.63) is 60.7 Å². The van der Waals surface area contributed by atoms with Gasteiger partial charge in [-0.25, -0.2) is 0 Å². The zero-order valence-corrected chi connectivity index (χ0v) is 24.2. The molecule has 162 valence electrons. The van der Waals surface area contributed by atoms with Crippen molar-refractivity contribution in [2.75, 3.05) is 37.0 Å². The fraction of sp³-hybridized carbons (Fsp3) is 0.500. The van der Waals surface area contributed by atoms with Crippen molar-refractivity contribution in [3.8, 4) is 0 Å². The fourth-order valence-electron chi connectivity index (χ4n) is 2.72. The van der Waals surface area contributed by atoms with Crippen LogP contribution in [0.5, 0.6) is 0 Å². The summed E-state index contributed by atoms with van der Waals surface area (Å²) in [5, 5.41) is 2.46. The maximum absolute atomic E-state index is 3.66. The van der Waals surface area contributed by atoms with Gasteiger partial charge in [0.15, 0.2) is 0 Å². The van der Waals surface area contributed by atoms with Crippen molar-refractivity contribution in [1.29, 1.82) is 0 Å². The summed E-state index contributed by atoms with van der Waals surface area (Å²) in [5.74, 6) is 0. The molecule has 0 fully saturated rings. The molecule has 0 heterocycles. The Morgan fingerprint density at radius 2 is 1.11 bits per heavy atom. The minimum absolute atomic E-state index is 0.446. The number of rotatable bonds is 7. The predicted octanol–water partition coefficient (Wildman–Crippen LogP) is 9.08. The van der Waals surface area contributed by atoms with Crippen molar-refractivity contribution in [2.24, 2.45) is 0 Å². The van der Waals surface area contributed by atoms with Crippen LogP contribution in [0.4, 0.5) is 0 Å². The van der Waals surface area contributed by atoms with Crippen LogP contribution in [0.25, 0.3) is 10.8 Å². The molecular formula is C24H39BrP2Pt. The molecule has 2 rings (SSSR count). The van der Waals surface area contributed by atoms with E-state index in [1.807, 2.05) is 42.0 Å². The van der Waals surface area contributed by atoms with Gasteiger partial charge in [-0.3, -0.25) is 0 Å². The number of fused-ring (bicyclic) bond motifs is 1. The molecule has 0 radical (unpaired) electrons. The van der Waals surface area contributed by atoms with E-state index in [1.165, 1.54) is 47.7 Å². The standard InChI is InChI=1S/C12H9.2C6H15P.BrH.Pt/c1-2-10-7-5-8-11-6-3-4-9-12(10)11;2*1-4-7(5-2)6-3;;/h3-9H,1H2;2*4-6H2,1-3H3;1H;/q-1;;;;+2/p-1. The van der Waals surface area contributed by atoms with Crippen LogP contribution in [0.2, 0.25) is 0 Å². The summed E-state index contributed by atoms with van der Waals surface area (Å²) < 4.78 is 0. The minimum atomic E-state index is 0.446. The second-order valence-corrected chi connectivity index (χ2v) is 12.4. The number of benzene rings is 2. The molecule has 0 nitrogen and oxygen atoms in total. The van der Waals surface area contributed by atoms with Gasteiger partial charge < -0.3 is 0 Å². The van der Waals surface area contributed by atoms with Gasteiger partial charge in [-0.2, -0.15) is 24.3 Å². The molecule has 0 saturated carbocycles. The van der Waals surface area contributed by atoms with Gasteiger partial charge in [0, 0.05) is 0 Å². The van der Waals surface area contributed by atoms with E-state index in [2.05, 4.69) is 85.7 Å². The first-order valence-electron chi connectivity index (χ1n) is 10.2. The van der Waals surface area contributed by atoms with Crippen molar-refractivity contribution in [3.63, 3.8) is 0 Å². The number of hydrogen-bond donors (Lipinski definition) is 0. The molecule has 0 N–H and O–H groups in total. The van der Waals surface area contributed by atoms with Crippen LogP contribution >= 0.6 is 29.1 Å². The molecule has 0 unspecified atom stereocenters. The molecule has 4 heteroatoms. The predicted molar refractivity (Wildman–Crippen MR) is 138 cm³/mol. The average molecular weight is 665 g/mol. The zero-order chi connectivity index (χ0) is 21.8. The van der Waals surface area contributed by atoms with Crippen LogP contribution in [0.15, 0.2) is 49.0 Å². The first-order chi connectivity index (χ1) is 13.6. The SMILES string of the molecule is C=[C-]c1cccc2ccccc12.CCP(CC)CC.CCP(CC)CC.[Br][Pt+]. The van der Waals surface area contributed by atoms with E-state index in [0.29, 0.717) is 15.8 Å². The van der Waals surface area contributed by atoms with Crippen LogP contribution in [-0.4, -0.2) is 37.0 Å². The summed E-state index contributed by atoms with van der Waals surface area (Å²) in [4.78, 5) is 0. The monoisotopic (exact) mass is 663 g/mol. The Hall–Kier alpha value is 0.468. The second-order valence-electron chi connectivity index (χ2n) is 5.94. The van der Waals surface area contributed by atoms with Gasteiger partial charge in [0.05, 0.1) is 0 Å². The summed E-state index contributed by atoms with van der Waals surface area (Å²) in [5.41, 5.74) is 1.08. The molecule has 28 heavy (non-hydrogen) atoms. The fourth-order valence-corrected chi connectivity index (χ4v) is 5.40. The topological polar surface area (TPSA) is 0 Å². The van der Waals surface area contributed by atoms with Gasteiger partial charge in [-0.15, -0.1) is 33.4 Å². The van der Waals surface area contributed by atoms with E-state index in [1.54, 1.807) is 0 Å². The summed E-state index contributed by atoms with van der Waals surface area (Å²) >= 11 is 4.86. The normalized spacial score (nSPS) is 9.68. The zero-order valence-electron chi connectivity index (χ0n) is 18.6. The molecule has 0 aliphatic carbocycles. The van der Waals surface area contributed by atoms with Crippen LogP contribution < -0.4 is 0 Å². The third-order valence-electron chi connectivity index (χ3n) is 4.66. The van der Waals surface area contributed by atoms with Crippen molar-refractivity contribution in [2.45, 2.75) is 41.5 Å². The molecule has 0 aliphatic heterocycles. The molecule has 0 atom stereocenters. The molecule has 0 aliphatic rings. The molecule has 2 aromatic carbocycles. The Labute approximate surface area is 195 Å². The average Bonchev–Trinajstić information content (AvgIpc) is 2.78. The van der Waals surface area contributed by atoms with E-state index in [4.69, 9.17) is 0 Å². The van der Waals surface area contributed by atoms with Gasteiger partial charge in [0.25, 0.3) is 0 Å². The molecule has 0 bridgehead atoms. The van der Waals surface area contributed by atoms with E-state index in [0.717, 1.165) is 5.56 Å². The number of halogens is 1. The first-order valence-corrected chi connectivity index (χ1v) is 18.9. The Morgan fingerprint density at radius 1 is 0.714 bits per heavy atom. The third-order valence-corrected chi connectivity index (χ3v) is 10.0. The van der Waals surface area contributed by atoms with E-state index in [-0.39, 0.29) is 0 Å². The Bertz CT molecular complexity index is 568. The molecule has 2 aromatic rings. The molecule has 0 aromatic heterocycles. The first kappa shape index (κ1) is 30.7. The van der Waals surface area contributed by atoms with Crippen LogP contribution in [-0.2, 0) is 17.8 Å². The van der Waals surface area contributed by atoms with Gasteiger partial charge in [-0.1, -0.05) is 71.2 Å². The van der Waals surface area contributed by atoms with E-state index in [9.17, 15) is 0 Å². The van der Waals surface area contributed by atoms with Crippen molar-refractivity contribution < 1.29 is 17.8 Å². The van der Waals surface area contributed by atoms with Gasteiger partial charge in [-0.05, 0) is 37.0 Å². The molecule has 0 saturated heterocycles. The third kappa shape index (κ3) is 13.6. The van der Waals surface area contributed by atoms with E-state index >= 15 is 0 Å². The summed E-state index contributed by atoms with van der Waals surface area (Å²) in [6, 6.07) is 14.4. The van der Waals surface area contributed by atoms with Gasteiger partial charge in [0.1, 0.15) is 0 Å². The van der Waals surface area contributed by atoms with Crippen LogP contribution in [0.1, 0.15) is 47.1 Å². The van der Waals surface area contributed by atoms with E-state index < -0.39 is 0 Å². The quantitative estimate of drug-likeness (QED) is 0.205. The maximum atomic E-state index is 3.66. The summed E-state index contributed by atoms with van der Waals surface area (Å²) in [6.45, 7) is 17.4. The molecule has 0 spiro atoms. The van der Waals surface area contributed by atoms with Crippen LogP contribution in [0, 0.1) is 6.08 Å². The summed E-state index contributed by atoms with van der Waals surface area (Å²) in [7, 11) is 0.892. The Morgan fingerprint density at radius 3 is 1.46 bits per heavy atom. The van der Waals surface area contributed by atoms with Gasteiger partial charge in [0.2, 0.25) is 0 Å². The summed E-state index contributed by atoms with van der Waals surface area (Å²) in [6.07, 6.45) is 11.4. The second kappa shape index (κ2) is 22.2. The molecular weight excluding hydrogens is 625 g/mol.